The van der Waals surface area contributed by atoms with E-state index in [0.29, 0.717) is 119 Å². The number of amides is 2. The van der Waals surface area contributed by atoms with Gasteiger partial charge in [-0.2, -0.15) is 4.39 Å². The third-order valence-electron chi connectivity index (χ3n) is 12.6. The van der Waals surface area contributed by atoms with Crippen LogP contribution in [-0.4, -0.2) is 137 Å². The Kier molecular flexibility index (Phi) is 12.6. The minimum Gasteiger partial charge on any atom is -0.368 e. The number of anilines is 4. The number of piperazine rings is 2. The minimum absolute atomic E-state index is 0.0591. The molecule has 4 aliphatic rings. The second-order valence-electron chi connectivity index (χ2n) is 16.6. The Morgan fingerprint density at radius 1 is 0.515 bits per heavy atom. The normalized spacial score (nSPS) is 18.3. The largest absolute Gasteiger partial charge is 0.368 e. The summed E-state index contributed by atoms with van der Waals surface area (Å²) in [4.78, 5) is 79.4. The fourth-order valence-electron chi connectivity index (χ4n) is 8.91. The molecule has 6 aromatic heterocycles. The maximum atomic E-state index is 14.6. The van der Waals surface area contributed by atoms with Crippen LogP contribution in [0.15, 0.2) is 73.6 Å². The molecule has 2 unspecified atom stereocenters. The van der Waals surface area contributed by atoms with Crippen LogP contribution in [0.1, 0.15) is 62.3 Å². The minimum atomic E-state index is -0.512. The highest BCUT2D eigenvalue weighted by Crippen LogP contribution is 2.36. The molecule has 340 valence electrons. The van der Waals surface area contributed by atoms with E-state index < -0.39 is 5.95 Å². The zero-order valence-corrected chi connectivity index (χ0v) is 37.3. The molecular weight excluding hydrogens is 847 g/mol. The van der Waals surface area contributed by atoms with Crippen molar-refractivity contribution in [1.82, 2.24) is 59.6 Å². The summed E-state index contributed by atoms with van der Waals surface area (Å²) in [7, 11) is 0. The Balaban J connectivity index is 0.000000166. The number of hydrogen-bond donors (Lipinski definition) is 0. The number of nitrogens with zero attached hydrogens (tertiary/aromatic N) is 16. The van der Waals surface area contributed by atoms with Crippen molar-refractivity contribution in [3.8, 4) is 23.3 Å². The monoisotopic (exact) mass is 896 g/mol. The topological polar surface area (TPSA) is 182 Å². The number of pyridine rings is 2. The van der Waals surface area contributed by atoms with Gasteiger partial charge in [-0.25, -0.2) is 54.2 Å². The van der Waals surface area contributed by atoms with Crippen LogP contribution in [0.3, 0.4) is 0 Å². The van der Waals surface area contributed by atoms with Gasteiger partial charge in [0.05, 0.1) is 23.5 Å². The van der Waals surface area contributed by atoms with Crippen LogP contribution in [0.25, 0.3) is 23.3 Å². The first kappa shape index (κ1) is 43.9. The lowest BCUT2D eigenvalue weighted by molar-refractivity contribution is -0.129. The lowest BCUT2D eigenvalue weighted by Gasteiger charge is -2.38. The van der Waals surface area contributed by atoms with Gasteiger partial charge in [-0.3, -0.25) is 9.59 Å². The van der Waals surface area contributed by atoms with Crippen molar-refractivity contribution < 1.29 is 18.4 Å². The van der Waals surface area contributed by atoms with Gasteiger partial charge < -0.3 is 29.4 Å². The van der Waals surface area contributed by atoms with Crippen LogP contribution in [0, 0.1) is 11.8 Å². The lowest BCUT2D eigenvalue weighted by Crippen LogP contribution is -2.48. The van der Waals surface area contributed by atoms with Crippen LogP contribution in [0.4, 0.5) is 31.9 Å². The number of aromatic nitrogens is 10. The summed E-state index contributed by atoms with van der Waals surface area (Å²) in [6, 6.07) is 9.73. The number of rotatable bonds is 6. The maximum absolute atomic E-state index is 14.6. The highest BCUT2D eigenvalue weighted by molar-refractivity contribution is 5.74. The molecule has 2 fully saturated rings. The number of carbonyl (C=O) groups is 2. The highest BCUT2D eigenvalue weighted by atomic mass is 19.1. The second kappa shape index (κ2) is 19.0. The van der Waals surface area contributed by atoms with E-state index in [2.05, 4.69) is 63.4 Å². The molecule has 2 amide bonds. The van der Waals surface area contributed by atoms with Crippen LogP contribution in [0.5, 0.6) is 0 Å². The SMILES string of the molecule is CC(=O)N1CCN(c2cc(F)cc(N3CCc4nc(-c5ncccn5)ncc4C3C)n2)CC1.CC(=O)N1CCN(c2cc(F)nc(N3CCc4nc(-c5ncccn5)ncc4C3C)c2)CC1. The molecule has 20 heteroatoms. The molecule has 4 aliphatic heterocycles. The molecule has 0 N–H and O–H groups in total. The quantitative estimate of drug-likeness (QED) is 0.213. The molecule has 2 atom stereocenters. The average molecular weight is 897 g/mol. The molecule has 6 aromatic rings. The van der Waals surface area contributed by atoms with Crippen molar-refractivity contribution in [2.24, 2.45) is 0 Å². The Morgan fingerprint density at radius 3 is 1.45 bits per heavy atom. The summed E-state index contributed by atoms with van der Waals surface area (Å²) >= 11 is 0. The predicted octanol–water partition coefficient (Wildman–Crippen LogP) is 4.52. The van der Waals surface area contributed by atoms with Gasteiger partial charge in [0.2, 0.25) is 17.8 Å². The fourth-order valence-corrected chi connectivity index (χ4v) is 8.91. The molecule has 0 radical (unpaired) electrons. The molecule has 10 heterocycles. The van der Waals surface area contributed by atoms with E-state index in [1.165, 1.54) is 18.2 Å². The average Bonchev–Trinajstić information content (AvgIpc) is 3.34. The van der Waals surface area contributed by atoms with Gasteiger partial charge >= 0.3 is 0 Å². The molecule has 2 saturated heterocycles. The van der Waals surface area contributed by atoms with Crippen LogP contribution < -0.4 is 19.6 Å². The van der Waals surface area contributed by atoms with Gasteiger partial charge in [-0.05, 0) is 26.0 Å². The third kappa shape index (κ3) is 9.38. The molecule has 0 aliphatic carbocycles. The Morgan fingerprint density at radius 2 is 0.970 bits per heavy atom. The fraction of sp³-hybridized carbons (Fsp3) is 0.391. The Labute approximate surface area is 380 Å². The van der Waals surface area contributed by atoms with E-state index in [-0.39, 0.29) is 29.7 Å². The van der Waals surface area contributed by atoms with Crippen molar-refractivity contribution in [3.63, 3.8) is 0 Å². The van der Waals surface area contributed by atoms with E-state index in [4.69, 9.17) is 15.0 Å². The third-order valence-corrected chi connectivity index (χ3v) is 12.6. The first-order valence-corrected chi connectivity index (χ1v) is 22.1. The number of fused-ring (bicyclic) bond motifs is 2. The second-order valence-corrected chi connectivity index (χ2v) is 16.6. The van der Waals surface area contributed by atoms with Gasteiger partial charge in [0.1, 0.15) is 23.3 Å². The van der Waals surface area contributed by atoms with E-state index >= 15 is 0 Å². The van der Waals surface area contributed by atoms with Crippen LogP contribution in [-0.2, 0) is 22.4 Å². The first-order valence-electron chi connectivity index (χ1n) is 22.1. The van der Waals surface area contributed by atoms with Crippen molar-refractivity contribution in [2.75, 3.05) is 85.0 Å². The lowest BCUT2D eigenvalue weighted by atomic mass is 9.99. The first-order chi connectivity index (χ1) is 32.0. The van der Waals surface area contributed by atoms with E-state index in [0.717, 1.165) is 28.2 Å². The zero-order chi connectivity index (χ0) is 45.9. The molecule has 18 nitrogen and oxygen atoms in total. The van der Waals surface area contributed by atoms with Crippen molar-refractivity contribution >= 4 is 35.0 Å². The van der Waals surface area contributed by atoms with Gasteiger partial charge in [0.25, 0.3) is 0 Å². The van der Waals surface area contributed by atoms with Crippen molar-refractivity contribution in [1.29, 1.82) is 0 Å². The Hall–Kier alpha value is -7.38. The maximum Gasteiger partial charge on any atom is 0.219 e. The number of carbonyl (C=O) groups excluding carboxylic acids is 2. The van der Waals surface area contributed by atoms with Gasteiger partial charge in [0, 0.05) is 170 Å². The van der Waals surface area contributed by atoms with Crippen LogP contribution >= 0.6 is 0 Å². The van der Waals surface area contributed by atoms with E-state index in [9.17, 15) is 18.4 Å². The Bertz CT molecular complexity index is 2520. The molecule has 0 spiro atoms. The summed E-state index contributed by atoms with van der Waals surface area (Å²) in [5, 5.41) is 0. The van der Waals surface area contributed by atoms with Gasteiger partial charge in [0.15, 0.2) is 23.3 Å². The molecule has 0 saturated carbocycles. The smallest absolute Gasteiger partial charge is 0.219 e. The van der Waals surface area contributed by atoms with Crippen LogP contribution in [0.2, 0.25) is 0 Å². The summed E-state index contributed by atoms with van der Waals surface area (Å²) in [5.74, 6) is 3.08. The molecular formula is C46H50F2N16O2. The van der Waals surface area contributed by atoms with Gasteiger partial charge in [-0.1, -0.05) is 0 Å². The summed E-state index contributed by atoms with van der Waals surface area (Å²) in [6.07, 6.45) is 11.7. The van der Waals surface area contributed by atoms with Crippen molar-refractivity contribution in [3.05, 3.63) is 108 Å². The predicted molar refractivity (Wildman–Crippen MR) is 242 cm³/mol. The highest BCUT2D eigenvalue weighted by Gasteiger charge is 2.31. The summed E-state index contributed by atoms with van der Waals surface area (Å²) in [6.45, 7) is 13.7. The number of hydrogen-bond acceptors (Lipinski definition) is 16. The standard InChI is InChI=1S/2C23H25FN8O/c1-15-18-14-27-23(22-25-5-3-6-26-22)28-19(18)4-7-32(15)21-13-17(12-20(24)29-21)31-10-8-30(9-11-31)16(2)33;1-15-18-14-27-23(22-25-5-3-6-26-22)28-19(18)4-7-32(15)21-13-17(24)12-20(29-21)31-10-8-30(9-11-31)16(2)33/h2*3,5-6,12-15H,4,7-11H2,1-2H3. The summed E-state index contributed by atoms with van der Waals surface area (Å²) < 4.78 is 29.1. The zero-order valence-electron chi connectivity index (χ0n) is 37.3. The van der Waals surface area contributed by atoms with Gasteiger partial charge in [-0.15, -0.1) is 0 Å². The van der Waals surface area contributed by atoms with E-state index in [1.807, 2.05) is 28.3 Å². The molecule has 0 aromatic carbocycles. The molecule has 10 rings (SSSR count). The molecule has 0 bridgehead atoms. The number of halogens is 2. The molecule has 66 heavy (non-hydrogen) atoms. The summed E-state index contributed by atoms with van der Waals surface area (Å²) in [5.41, 5.74) is 4.67. The van der Waals surface area contributed by atoms with E-state index in [1.54, 1.807) is 55.7 Å². The van der Waals surface area contributed by atoms with Crippen molar-refractivity contribution in [2.45, 2.75) is 52.6 Å².